The van der Waals surface area contributed by atoms with Crippen molar-refractivity contribution in [3.05, 3.63) is 21.9 Å². The molecule has 2 unspecified atom stereocenters. The lowest BCUT2D eigenvalue weighted by molar-refractivity contribution is 0.105. The Morgan fingerprint density at radius 1 is 1.62 bits per heavy atom. The van der Waals surface area contributed by atoms with Crippen molar-refractivity contribution in [3.8, 4) is 6.07 Å². The van der Waals surface area contributed by atoms with Gasteiger partial charge in [0.05, 0.1) is 6.10 Å². The van der Waals surface area contributed by atoms with Gasteiger partial charge in [-0.15, -0.1) is 11.3 Å². The van der Waals surface area contributed by atoms with E-state index in [0.717, 1.165) is 31.0 Å². The molecule has 2 heterocycles. The molecule has 1 aromatic heterocycles. The molecule has 16 heavy (non-hydrogen) atoms. The third kappa shape index (κ3) is 2.82. The van der Waals surface area contributed by atoms with E-state index in [-0.39, 0.29) is 0 Å². The first-order valence-electron chi connectivity index (χ1n) is 5.60. The summed E-state index contributed by atoms with van der Waals surface area (Å²) in [5.74, 6) is 0.635. The predicted octanol–water partition coefficient (Wildman–Crippen LogP) is 2.13. The number of nitrogens with zero attached hydrogens (tertiary/aromatic N) is 1. The van der Waals surface area contributed by atoms with Gasteiger partial charge in [-0.05, 0) is 31.4 Å². The second-order valence-corrected chi connectivity index (χ2v) is 5.30. The van der Waals surface area contributed by atoms with Gasteiger partial charge in [-0.25, -0.2) is 0 Å². The lowest BCUT2D eigenvalue weighted by Gasteiger charge is -2.14. The van der Waals surface area contributed by atoms with Crippen LogP contribution in [-0.4, -0.2) is 19.3 Å². The smallest absolute Gasteiger partial charge is 0.110 e. The molecule has 1 aliphatic heterocycles. The molecule has 86 valence electrons. The van der Waals surface area contributed by atoms with Crippen molar-refractivity contribution in [2.45, 2.75) is 26.0 Å². The van der Waals surface area contributed by atoms with E-state index in [0.29, 0.717) is 12.0 Å². The Balaban J connectivity index is 1.73. The minimum Gasteiger partial charge on any atom is -0.378 e. The fraction of sp³-hybridized carbons (Fsp3) is 0.583. The van der Waals surface area contributed by atoms with Crippen molar-refractivity contribution in [1.29, 1.82) is 5.26 Å². The zero-order valence-corrected chi connectivity index (χ0v) is 10.2. The first-order chi connectivity index (χ1) is 7.79. The second kappa shape index (κ2) is 5.44. The molecule has 0 aromatic carbocycles. The van der Waals surface area contributed by atoms with Crippen LogP contribution >= 0.6 is 11.3 Å². The van der Waals surface area contributed by atoms with Crippen LogP contribution in [0.1, 0.15) is 23.1 Å². The number of nitriles is 1. The molecule has 2 atom stereocenters. The summed E-state index contributed by atoms with van der Waals surface area (Å²) < 4.78 is 5.51. The highest BCUT2D eigenvalue weighted by molar-refractivity contribution is 7.12. The van der Waals surface area contributed by atoms with Gasteiger partial charge in [-0.2, -0.15) is 5.26 Å². The average molecular weight is 236 g/mol. The highest BCUT2D eigenvalue weighted by Gasteiger charge is 2.23. The summed E-state index contributed by atoms with van der Waals surface area (Å²) in [6, 6.07) is 6.05. The first-order valence-corrected chi connectivity index (χ1v) is 6.42. The van der Waals surface area contributed by atoms with E-state index in [9.17, 15) is 0 Å². The van der Waals surface area contributed by atoms with Crippen LogP contribution in [0, 0.1) is 17.2 Å². The highest BCUT2D eigenvalue weighted by atomic mass is 32.1. The van der Waals surface area contributed by atoms with Gasteiger partial charge >= 0.3 is 0 Å². The fourth-order valence-electron chi connectivity index (χ4n) is 1.96. The summed E-state index contributed by atoms with van der Waals surface area (Å²) >= 11 is 1.56. The second-order valence-electron chi connectivity index (χ2n) is 4.13. The van der Waals surface area contributed by atoms with Crippen LogP contribution < -0.4 is 5.32 Å². The summed E-state index contributed by atoms with van der Waals surface area (Å²) in [5.41, 5.74) is 0. The van der Waals surface area contributed by atoms with Crippen LogP contribution in [0.15, 0.2) is 12.1 Å². The van der Waals surface area contributed by atoms with Crippen molar-refractivity contribution in [1.82, 2.24) is 5.32 Å². The molecule has 1 N–H and O–H groups in total. The molecule has 0 bridgehead atoms. The van der Waals surface area contributed by atoms with Gasteiger partial charge in [-0.1, -0.05) is 0 Å². The zero-order chi connectivity index (χ0) is 11.4. The molecule has 1 aliphatic rings. The number of thiophene rings is 1. The number of hydrogen-bond donors (Lipinski definition) is 1. The largest absolute Gasteiger partial charge is 0.378 e. The summed E-state index contributed by atoms with van der Waals surface area (Å²) in [6.07, 6.45) is 1.53. The molecule has 0 spiro atoms. The maximum atomic E-state index is 8.71. The fourth-order valence-corrected chi connectivity index (χ4v) is 2.73. The van der Waals surface area contributed by atoms with E-state index in [2.05, 4.69) is 18.3 Å². The van der Waals surface area contributed by atoms with E-state index in [1.54, 1.807) is 11.3 Å². The van der Waals surface area contributed by atoms with Gasteiger partial charge in [0.15, 0.2) is 0 Å². The topological polar surface area (TPSA) is 45.0 Å². The van der Waals surface area contributed by atoms with Gasteiger partial charge in [0.1, 0.15) is 10.9 Å². The van der Waals surface area contributed by atoms with Crippen LogP contribution in [0.5, 0.6) is 0 Å². The van der Waals surface area contributed by atoms with Crippen molar-refractivity contribution in [2.24, 2.45) is 5.92 Å². The molecule has 1 aromatic rings. The van der Waals surface area contributed by atoms with Crippen LogP contribution in [0.4, 0.5) is 0 Å². The van der Waals surface area contributed by atoms with Crippen molar-refractivity contribution in [3.63, 3.8) is 0 Å². The Hall–Kier alpha value is -0.890. The molecule has 1 fully saturated rings. The molecule has 3 nitrogen and oxygen atoms in total. The maximum absolute atomic E-state index is 8.71. The summed E-state index contributed by atoms with van der Waals surface area (Å²) in [7, 11) is 0. The van der Waals surface area contributed by atoms with Crippen molar-refractivity contribution < 1.29 is 4.74 Å². The minimum atomic E-state index is 0.380. The molecule has 2 rings (SSSR count). The minimum absolute atomic E-state index is 0.380. The third-order valence-electron chi connectivity index (χ3n) is 3.01. The van der Waals surface area contributed by atoms with Crippen LogP contribution in [0.25, 0.3) is 0 Å². The zero-order valence-electron chi connectivity index (χ0n) is 9.40. The van der Waals surface area contributed by atoms with E-state index in [4.69, 9.17) is 10.00 Å². The van der Waals surface area contributed by atoms with Crippen molar-refractivity contribution >= 4 is 11.3 Å². The summed E-state index contributed by atoms with van der Waals surface area (Å²) in [5, 5.41) is 12.1. The molecular formula is C12H16N2OS. The van der Waals surface area contributed by atoms with Gasteiger partial charge in [0, 0.05) is 24.6 Å². The first kappa shape index (κ1) is 11.6. The molecule has 1 saturated heterocycles. The molecule has 0 amide bonds. The third-order valence-corrected chi connectivity index (χ3v) is 4.00. The number of hydrogen-bond acceptors (Lipinski definition) is 4. The Kier molecular flexibility index (Phi) is 3.94. The number of ether oxygens (including phenoxy) is 1. The van der Waals surface area contributed by atoms with Crippen molar-refractivity contribution in [2.75, 3.05) is 13.2 Å². The molecule has 0 radical (unpaired) electrons. The SMILES string of the molecule is CC1OCCC1CNCc1ccc(C#N)s1. The van der Waals surface area contributed by atoms with E-state index >= 15 is 0 Å². The van der Waals surface area contributed by atoms with E-state index < -0.39 is 0 Å². The molecular weight excluding hydrogens is 220 g/mol. The van der Waals surface area contributed by atoms with Crippen LogP contribution in [0.2, 0.25) is 0 Å². The Bertz CT molecular complexity index is 383. The Morgan fingerprint density at radius 2 is 2.50 bits per heavy atom. The summed E-state index contributed by atoms with van der Waals surface area (Å²) in [6.45, 7) is 4.89. The lowest BCUT2D eigenvalue weighted by Crippen LogP contribution is -2.26. The average Bonchev–Trinajstić information content (AvgIpc) is 2.89. The van der Waals surface area contributed by atoms with E-state index in [1.165, 1.54) is 4.88 Å². The predicted molar refractivity (Wildman–Crippen MR) is 64.3 cm³/mol. The lowest BCUT2D eigenvalue weighted by atomic mass is 10.0. The van der Waals surface area contributed by atoms with Gasteiger partial charge in [0.2, 0.25) is 0 Å². The number of rotatable bonds is 4. The molecule has 0 saturated carbocycles. The van der Waals surface area contributed by atoms with E-state index in [1.807, 2.05) is 12.1 Å². The Morgan fingerprint density at radius 3 is 3.12 bits per heavy atom. The quantitative estimate of drug-likeness (QED) is 0.871. The monoisotopic (exact) mass is 236 g/mol. The standard InChI is InChI=1S/C12H16N2OS/c1-9-10(4-5-15-9)7-14-8-12-3-2-11(6-13)16-12/h2-3,9-10,14H,4-5,7-8H2,1H3. The van der Waals surface area contributed by atoms with Gasteiger partial charge in [0.25, 0.3) is 0 Å². The van der Waals surface area contributed by atoms with Crippen LogP contribution in [0.3, 0.4) is 0 Å². The van der Waals surface area contributed by atoms with Crippen LogP contribution in [-0.2, 0) is 11.3 Å². The Labute approximate surface area is 100 Å². The summed E-state index contributed by atoms with van der Waals surface area (Å²) in [4.78, 5) is 2.01. The molecule has 4 heteroatoms. The number of nitrogens with one attached hydrogen (secondary N) is 1. The van der Waals surface area contributed by atoms with Gasteiger partial charge in [-0.3, -0.25) is 0 Å². The highest BCUT2D eigenvalue weighted by Crippen LogP contribution is 2.20. The maximum Gasteiger partial charge on any atom is 0.110 e. The van der Waals surface area contributed by atoms with Gasteiger partial charge < -0.3 is 10.1 Å². The normalized spacial score (nSPS) is 24.5. The molecule has 0 aliphatic carbocycles.